The highest BCUT2D eigenvalue weighted by Gasteiger charge is 2.21. The summed E-state index contributed by atoms with van der Waals surface area (Å²) < 4.78 is 1.92. The molecule has 0 amide bonds. The Balaban J connectivity index is 0.000000182. The molecule has 2 aromatic carbocycles. The minimum Gasteiger partial charge on any atom is -0.478 e. The first kappa shape index (κ1) is 22.3. The molecule has 0 unspecified atom stereocenters. The van der Waals surface area contributed by atoms with Gasteiger partial charge in [0.05, 0.1) is 27.7 Å². The maximum Gasteiger partial charge on any atom is 0.337 e. The smallest absolute Gasteiger partial charge is 0.337 e. The molecule has 0 fully saturated rings. The third-order valence-corrected chi connectivity index (χ3v) is 5.20. The molecule has 5 rings (SSSR count). The molecule has 0 spiro atoms. The number of nitrogens with two attached hydrogens (primary N) is 1. The second-order valence-electron chi connectivity index (χ2n) is 7.61. The summed E-state index contributed by atoms with van der Waals surface area (Å²) >= 11 is 0. The highest BCUT2D eigenvalue weighted by atomic mass is 16.4. The number of aryl methyl sites for hydroxylation is 1. The molecule has 9 heteroatoms. The molecule has 5 aromatic rings. The molecule has 170 valence electrons. The van der Waals surface area contributed by atoms with Crippen LogP contribution in [0.2, 0.25) is 0 Å². The number of hydrogen-bond acceptors (Lipinski definition) is 5. The van der Waals surface area contributed by atoms with E-state index in [1.165, 1.54) is 12.1 Å². The molecule has 0 bridgehead atoms. The van der Waals surface area contributed by atoms with E-state index in [9.17, 15) is 19.5 Å². The van der Waals surface area contributed by atoms with Crippen molar-refractivity contribution >= 4 is 40.3 Å². The van der Waals surface area contributed by atoms with Crippen LogP contribution in [0.15, 0.2) is 66.7 Å². The number of hydrogen-bond donors (Lipinski definition) is 4. The van der Waals surface area contributed by atoms with E-state index >= 15 is 0 Å². The fourth-order valence-electron chi connectivity index (χ4n) is 3.82. The standard InChI is InChI=1S/C17H12N2O2.C8H7NO4/c1-10-7-12-8-13(11-5-3-2-4-6-11)16-14(17(20)21)9-15(18-10)19(12)16;9-6-2-4(7(10)11)1-5(3-6)8(12)13/h2-9H,1H3,(H,20,21);1-3H,9H2,(H,10,11)(H,12,13). The van der Waals surface area contributed by atoms with Crippen molar-refractivity contribution in [3.05, 3.63) is 89.1 Å². The van der Waals surface area contributed by atoms with Gasteiger partial charge in [-0.15, -0.1) is 0 Å². The maximum atomic E-state index is 11.6. The van der Waals surface area contributed by atoms with Gasteiger partial charge < -0.3 is 21.1 Å². The summed E-state index contributed by atoms with van der Waals surface area (Å²) in [6.07, 6.45) is 0. The van der Waals surface area contributed by atoms with E-state index < -0.39 is 17.9 Å². The van der Waals surface area contributed by atoms with Crippen LogP contribution in [0.25, 0.3) is 27.8 Å². The van der Waals surface area contributed by atoms with Crippen LogP contribution in [-0.4, -0.2) is 42.6 Å². The fourth-order valence-corrected chi connectivity index (χ4v) is 3.82. The highest BCUT2D eigenvalue weighted by molar-refractivity contribution is 6.06. The quantitative estimate of drug-likeness (QED) is 0.292. The summed E-state index contributed by atoms with van der Waals surface area (Å²) in [5.74, 6) is -3.33. The SMILES string of the molecule is Cc1cc2cc(-c3ccccc3)c3c(C(=O)O)cc(n1)n23.Nc1cc(C(=O)O)cc(C(=O)O)c1. The lowest BCUT2D eigenvalue weighted by atomic mass is 10.1. The molecule has 3 aromatic heterocycles. The Labute approximate surface area is 192 Å². The van der Waals surface area contributed by atoms with Crippen molar-refractivity contribution in [3.8, 4) is 11.1 Å². The first-order valence-electron chi connectivity index (χ1n) is 10.1. The second-order valence-corrected chi connectivity index (χ2v) is 7.61. The number of aromatic carboxylic acids is 3. The largest absolute Gasteiger partial charge is 0.478 e. The van der Waals surface area contributed by atoms with E-state index in [1.54, 1.807) is 6.07 Å². The molecule has 9 nitrogen and oxygen atoms in total. The number of carboxylic acid groups (broad SMARTS) is 3. The number of carboxylic acids is 3. The zero-order valence-corrected chi connectivity index (χ0v) is 17.9. The third-order valence-electron chi connectivity index (χ3n) is 5.20. The molecule has 0 aliphatic rings. The van der Waals surface area contributed by atoms with Gasteiger partial charge in [-0.3, -0.25) is 4.40 Å². The highest BCUT2D eigenvalue weighted by Crippen LogP contribution is 2.34. The van der Waals surface area contributed by atoms with Crippen LogP contribution < -0.4 is 5.73 Å². The van der Waals surface area contributed by atoms with Crippen LogP contribution in [0, 0.1) is 6.92 Å². The number of nitrogen functional groups attached to an aromatic ring is 1. The molecule has 0 radical (unpaired) electrons. The summed E-state index contributed by atoms with van der Waals surface area (Å²) in [5, 5.41) is 26.6. The Bertz CT molecular complexity index is 1520. The topological polar surface area (TPSA) is 155 Å². The minimum absolute atomic E-state index is 0.123. The monoisotopic (exact) mass is 457 g/mol. The number of aromatic nitrogens is 2. The van der Waals surface area contributed by atoms with Crippen molar-refractivity contribution in [2.24, 2.45) is 0 Å². The van der Waals surface area contributed by atoms with Gasteiger partial charge in [-0.1, -0.05) is 30.3 Å². The minimum atomic E-state index is -1.20. The van der Waals surface area contributed by atoms with Gasteiger partial charge in [0.25, 0.3) is 0 Å². The predicted molar refractivity (Wildman–Crippen MR) is 126 cm³/mol. The first-order chi connectivity index (χ1) is 16.2. The van der Waals surface area contributed by atoms with E-state index in [0.717, 1.165) is 28.4 Å². The molecular weight excluding hydrogens is 438 g/mol. The zero-order chi connectivity index (χ0) is 24.6. The van der Waals surface area contributed by atoms with Crippen LogP contribution >= 0.6 is 0 Å². The lowest BCUT2D eigenvalue weighted by molar-refractivity contribution is 0.0683. The van der Waals surface area contributed by atoms with Crippen molar-refractivity contribution in [2.45, 2.75) is 6.92 Å². The van der Waals surface area contributed by atoms with Crippen molar-refractivity contribution in [1.82, 2.24) is 9.38 Å². The average molecular weight is 457 g/mol. The number of carbonyl (C=O) groups is 3. The van der Waals surface area contributed by atoms with E-state index in [-0.39, 0.29) is 16.8 Å². The van der Waals surface area contributed by atoms with Gasteiger partial charge in [-0.25, -0.2) is 19.4 Å². The van der Waals surface area contributed by atoms with E-state index in [0.29, 0.717) is 16.7 Å². The molecule has 0 atom stereocenters. The van der Waals surface area contributed by atoms with Crippen LogP contribution in [0.4, 0.5) is 5.69 Å². The van der Waals surface area contributed by atoms with Gasteiger partial charge in [0.1, 0.15) is 5.65 Å². The molecule has 34 heavy (non-hydrogen) atoms. The van der Waals surface area contributed by atoms with Gasteiger partial charge in [-0.05, 0) is 48.9 Å². The number of rotatable bonds is 4. The van der Waals surface area contributed by atoms with E-state index in [2.05, 4.69) is 4.98 Å². The normalized spacial score (nSPS) is 10.7. The molecule has 0 aliphatic carbocycles. The molecule has 3 heterocycles. The van der Waals surface area contributed by atoms with Crippen LogP contribution in [-0.2, 0) is 0 Å². The summed E-state index contributed by atoms with van der Waals surface area (Å²) in [6.45, 7) is 1.91. The van der Waals surface area contributed by atoms with Gasteiger partial charge >= 0.3 is 17.9 Å². The van der Waals surface area contributed by atoms with Crippen molar-refractivity contribution in [2.75, 3.05) is 5.73 Å². The summed E-state index contributed by atoms with van der Waals surface area (Å²) in [7, 11) is 0. The maximum absolute atomic E-state index is 11.6. The Morgan fingerprint density at radius 2 is 1.44 bits per heavy atom. The van der Waals surface area contributed by atoms with Crippen molar-refractivity contribution < 1.29 is 29.7 Å². The summed E-state index contributed by atoms with van der Waals surface area (Å²) in [4.78, 5) is 37.0. The zero-order valence-electron chi connectivity index (χ0n) is 17.9. The molecule has 0 saturated heterocycles. The van der Waals surface area contributed by atoms with Crippen LogP contribution in [0.5, 0.6) is 0 Å². The van der Waals surface area contributed by atoms with Gasteiger partial charge in [0.15, 0.2) is 0 Å². The average Bonchev–Trinajstić information content (AvgIpc) is 3.35. The lowest BCUT2D eigenvalue weighted by Gasteiger charge is -1.99. The van der Waals surface area contributed by atoms with Crippen molar-refractivity contribution in [1.29, 1.82) is 0 Å². The Morgan fingerprint density at radius 3 is 2.00 bits per heavy atom. The number of anilines is 1. The summed E-state index contributed by atoms with van der Waals surface area (Å²) in [5.41, 5.74) is 10.6. The van der Waals surface area contributed by atoms with E-state index in [4.69, 9.17) is 15.9 Å². The Morgan fingerprint density at radius 1 is 0.824 bits per heavy atom. The van der Waals surface area contributed by atoms with E-state index in [1.807, 2.05) is 53.8 Å². The Kier molecular flexibility index (Phi) is 5.60. The molecule has 0 saturated carbocycles. The lowest BCUT2D eigenvalue weighted by Crippen LogP contribution is -2.03. The second kappa shape index (κ2) is 8.55. The van der Waals surface area contributed by atoms with Crippen LogP contribution in [0.3, 0.4) is 0 Å². The Hall–Kier alpha value is -4.92. The predicted octanol–water partition coefficient (Wildman–Crippen LogP) is 4.26. The molecule has 5 N–H and O–H groups in total. The van der Waals surface area contributed by atoms with Gasteiger partial charge in [-0.2, -0.15) is 0 Å². The molecular formula is C25H19N3O6. The van der Waals surface area contributed by atoms with Gasteiger partial charge in [0, 0.05) is 16.9 Å². The third kappa shape index (κ3) is 4.09. The first-order valence-corrected chi connectivity index (χ1v) is 10.1. The number of nitrogens with zero attached hydrogens (tertiary/aromatic N) is 2. The van der Waals surface area contributed by atoms with Crippen LogP contribution in [0.1, 0.15) is 36.8 Å². The number of benzene rings is 2. The molecule has 0 aliphatic heterocycles. The van der Waals surface area contributed by atoms with Gasteiger partial charge in [0.2, 0.25) is 0 Å². The van der Waals surface area contributed by atoms with Crippen molar-refractivity contribution in [3.63, 3.8) is 0 Å². The fraction of sp³-hybridized carbons (Fsp3) is 0.0400. The summed E-state index contributed by atoms with van der Waals surface area (Å²) in [6, 6.07) is 18.9.